The van der Waals surface area contributed by atoms with E-state index in [0.29, 0.717) is 19.6 Å². The maximum atomic E-state index is 11.8. The molecule has 2 heterocycles. The molecule has 0 unspecified atom stereocenters. The van der Waals surface area contributed by atoms with Crippen molar-refractivity contribution in [3.8, 4) is 0 Å². The van der Waals surface area contributed by atoms with Crippen molar-refractivity contribution in [1.29, 1.82) is 0 Å². The van der Waals surface area contributed by atoms with Crippen LogP contribution in [0.3, 0.4) is 0 Å². The van der Waals surface area contributed by atoms with Crippen LogP contribution in [0.5, 0.6) is 0 Å². The fourth-order valence-electron chi connectivity index (χ4n) is 2.99. The molecule has 0 atom stereocenters. The lowest BCUT2D eigenvalue weighted by atomic mass is 10.1. The fourth-order valence-corrected chi connectivity index (χ4v) is 3.87. The summed E-state index contributed by atoms with van der Waals surface area (Å²) in [4.78, 5) is 11.0. The number of rotatable bonds is 2. The highest BCUT2D eigenvalue weighted by Gasteiger charge is 2.23. The second-order valence-corrected chi connectivity index (χ2v) is 8.14. The van der Waals surface area contributed by atoms with Crippen LogP contribution in [0, 0.1) is 13.8 Å². The molecular formula is C16H22N4O2S. The van der Waals surface area contributed by atoms with Crippen LogP contribution in [-0.4, -0.2) is 55.1 Å². The van der Waals surface area contributed by atoms with Crippen molar-refractivity contribution in [2.24, 2.45) is 0 Å². The molecule has 1 aliphatic rings. The first-order valence-electron chi connectivity index (χ1n) is 7.78. The average Bonchev–Trinajstić information content (AvgIpc) is 2.73. The second kappa shape index (κ2) is 6.05. The van der Waals surface area contributed by atoms with Gasteiger partial charge in [0, 0.05) is 31.6 Å². The van der Waals surface area contributed by atoms with Crippen LogP contribution in [0.4, 0.5) is 5.82 Å². The summed E-state index contributed by atoms with van der Waals surface area (Å²) in [5.74, 6) is 0.897. The van der Waals surface area contributed by atoms with Gasteiger partial charge in [0.2, 0.25) is 10.0 Å². The van der Waals surface area contributed by atoms with Gasteiger partial charge in [0.15, 0.2) is 0 Å². The predicted octanol–water partition coefficient (Wildman–Crippen LogP) is 1.72. The molecule has 23 heavy (non-hydrogen) atoms. The summed E-state index contributed by atoms with van der Waals surface area (Å²) in [5.41, 5.74) is 3.35. The molecule has 1 saturated heterocycles. The summed E-state index contributed by atoms with van der Waals surface area (Å²) in [6, 6.07) is 4.20. The molecule has 0 N–H and O–H groups in total. The molecule has 2 aromatic rings. The maximum absolute atomic E-state index is 11.8. The lowest BCUT2D eigenvalue weighted by molar-refractivity contribution is 0.437. The summed E-state index contributed by atoms with van der Waals surface area (Å²) in [7, 11) is -3.14. The standard InChI is InChI=1S/C16H22N4O2S/c1-12-9-14-15(10-13(12)2)17-11-18-16(14)19-5-4-6-20(8-7-19)23(3,21)22/h9-11H,4-8H2,1-3H3. The molecule has 0 radical (unpaired) electrons. The molecule has 1 aromatic heterocycles. The highest BCUT2D eigenvalue weighted by molar-refractivity contribution is 7.88. The Morgan fingerprint density at radius 2 is 1.74 bits per heavy atom. The Balaban J connectivity index is 1.96. The third kappa shape index (κ3) is 3.30. The quantitative estimate of drug-likeness (QED) is 0.836. The van der Waals surface area contributed by atoms with Gasteiger partial charge >= 0.3 is 0 Å². The van der Waals surface area contributed by atoms with E-state index in [9.17, 15) is 8.42 Å². The van der Waals surface area contributed by atoms with E-state index in [1.807, 2.05) is 0 Å². The number of hydrogen-bond donors (Lipinski definition) is 0. The van der Waals surface area contributed by atoms with E-state index in [2.05, 4.69) is 40.8 Å². The third-order valence-electron chi connectivity index (χ3n) is 4.45. The maximum Gasteiger partial charge on any atom is 0.211 e. The predicted molar refractivity (Wildman–Crippen MR) is 92.3 cm³/mol. The van der Waals surface area contributed by atoms with Gasteiger partial charge in [-0.25, -0.2) is 22.7 Å². The number of nitrogens with zero attached hydrogens (tertiary/aromatic N) is 4. The number of anilines is 1. The number of aryl methyl sites for hydroxylation is 2. The lowest BCUT2D eigenvalue weighted by Gasteiger charge is -2.23. The van der Waals surface area contributed by atoms with Gasteiger partial charge in [0.1, 0.15) is 12.1 Å². The van der Waals surface area contributed by atoms with E-state index in [0.717, 1.165) is 29.7 Å². The van der Waals surface area contributed by atoms with Crippen LogP contribution in [0.15, 0.2) is 18.5 Å². The molecule has 124 valence electrons. The third-order valence-corrected chi connectivity index (χ3v) is 5.76. The zero-order chi connectivity index (χ0) is 16.6. The van der Waals surface area contributed by atoms with Crippen LogP contribution >= 0.6 is 0 Å². The normalized spacial score (nSPS) is 17.4. The van der Waals surface area contributed by atoms with Crippen LogP contribution in [0.2, 0.25) is 0 Å². The first-order chi connectivity index (χ1) is 10.9. The van der Waals surface area contributed by atoms with Crippen molar-refractivity contribution in [2.45, 2.75) is 20.3 Å². The number of aromatic nitrogens is 2. The van der Waals surface area contributed by atoms with Crippen LogP contribution < -0.4 is 4.90 Å². The highest BCUT2D eigenvalue weighted by atomic mass is 32.2. The summed E-state index contributed by atoms with van der Waals surface area (Å²) in [6.07, 6.45) is 3.66. The molecule has 7 heteroatoms. The van der Waals surface area contributed by atoms with E-state index in [4.69, 9.17) is 0 Å². The van der Waals surface area contributed by atoms with Gasteiger partial charge in [0.05, 0.1) is 11.8 Å². The zero-order valence-electron chi connectivity index (χ0n) is 13.8. The SMILES string of the molecule is Cc1cc2ncnc(N3CCCN(S(C)(=O)=O)CC3)c2cc1C. The van der Waals surface area contributed by atoms with Crippen molar-refractivity contribution < 1.29 is 8.42 Å². The number of fused-ring (bicyclic) bond motifs is 1. The monoisotopic (exact) mass is 334 g/mol. The second-order valence-electron chi connectivity index (χ2n) is 6.15. The lowest BCUT2D eigenvalue weighted by Crippen LogP contribution is -2.34. The van der Waals surface area contributed by atoms with E-state index in [-0.39, 0.29) is 0 Å². The van der Waals surface area contributed by atoms with Crippen molar-refractivity contribution >= 4 is 26.7 Å². The summed E-state index contributed by atoms with van der Waals surface area (Å²) >= 11 is 0. The minimum absolute atomic E-state index is 0.495. The Labute approximate surface area is 137 Å². The molecule has 1 fully saturated rings. The van der Waals surface area contributed by atoms with Crippen LogP contribution in [0.25, 0.3) is 10.9 Å². The van der Waals surface area contributed by atoms with Gasteiger partial charge in [-0.3, -0.25) is 0 Å². The Bertz CT molecular complexity index is 835. The first-order valence-corrected chi connectivity index (χ1v) is 9.63. The molecule has 0 spiro atoms. The van der Waals surface area contributed by atoms with Crippen LogP contribution in [0.1, 0.15) is 17.5 Å². The van der Waals surface area contributed by atoms with E-state index >= 15 is 0 Å². The van der Waals surface area contributed by atoms with Gasteiger partial charge in [-0.05, 0) is 43.5 Å². The molecule has 1 aromatic carbocycles. The molecule has 0 aliphatic carbocycles. The number of hydrogen-bond acceptors (Lipinski definition) is 5. The summed E-state index contributed by atoms with van der Waals surface area (Å²) in [6.45, 7) is 6.66. The van der Waals surface area contributed by atoms with Gasteiger partial charge < -0.3 is 4.90 Å². The Morgan fingerprint density at radius 3 is 2.48 bits per heavy atom. The van der Waals surface area contributed by atoms with Crippen molar-refractivity contribution in [3.63, 3.8) is 0 Å². The largest absolute Gasteiger partial charge is 0.355 e. The van der Waals surface area contributed by atoms with E-state index < -0.39 is 10.0 Å². The molecule has 1 aliphatic heterocycles. The average molecular weight is 334 g/mol. The van der Waals surface area contributed by atoms with Crippen LogP contribution in [-0.2, 0) is 10.0 Å². The highest BCUT2D eigenvalue weighted by Crippen LogP contribution is 2.26. The summed E-state index contributed by atoms with van der Waals surface area (Å²) in [5, 5.41) is 1.03. The minimum Gasteiger partial charge on any atom is -0.355 e. The molecule has 0 saturated carbocycles. The topological polar surface area (TPSA) is 66.4 Å². The minimum atomic E-state index is -3.14. The zero-order valence-corrected chi connectivity index (χ0v) is 14.6. The Morgan fingerprint density at radius 1 is 1.00 bits per heavy atom. The molecular weight excluding hydrogens is 312 g/mol. The van der Waals surface area contributed by atoms with Gasteiger partial charge in [-0.15, -0.1) is 0 Å². The fraction of sp³-hybridized carbons (Fsp3) is 0.500. The van der Waals surface area contributed by atoms with Crippen molar-refractivity contribution in [2.75, 3.05) is 37.3 Å². The smallest absolute Gasteiger partial charge is 0.211 e. The van der Waals surface area contributed by atoms with E-state index in [1.165, 1.54) is 17.4 Å². The van der Waals surface area contributed by atoms with Gasteiger partial charge in [0.25, 0.3) is 0 Å². The molecule has 0 amide bonds. The van der Waals surface area contributed by atoms with Gasteiger partial charge in [-0.1, -0.05) is 0 Å². The number of sulfonamides is 1. The summed E-state index contributed by atoms with van der Waals surface area (Å²) < 4.78 is 25.1. The molecule has 0 bridgehead atoms. The molecule has 3 rings (SSSR count). The van der Waals surface area contributed by atoms with Crippen molar-refractivity contribution in [3.05, 3.63) is 29.6 Å². The molecule has 6 nitrogen and oxygen atoms in total. The van der Waals surface area contributed by atoms with E-state index in [1.54, 1.807) is 10.6 Å². The number of benzene rings is 1. The Kier molecular flexibility index (Phi) is 4.25. The first kappa shape index (κ1) is 16.1. The Hall–Kier alpha value is -1.73. The van der Waals surface area contributed by atoms with Crippen molar-refractivity contribution in [1.82, 2.24) is 14.3 Å². The van der Waals surface area contributed by atoms with Gasteiger partial charge in [-0.2, -0.15) is 0 Å².